The van der Waals surface area contributed by atoms with E-state index in [0.717, 1.165) is 0 Å². The molecule has 0 aromatic carbocycles. The minimum absolute atomic E-state index is 0.240. The van der Waals surface area contributed by atoms with Crippen LogP contribution in [-0.2, 0) is 19.1 Å². The second kappa shape index (κ2) is 10.1. The van der Waals surface area contributed by atoms with Gasteiger partial charge < -0.3 is 25.0 Å². The molecule has 0 bridgehead atoms. The summed E-state index contributed by atoms with van der Waals surface area (Å²) in [6, 6.07) is -2.59. The van der Waals surface area contributed by atoms with Crippen molar-refractivity contribution in [1.82, 2.24) is 15.1 Å². The van der Waals surface area contributed by atoms with Crippen LogP contribution in [0.25, 0.3) is 0 Å². The van der Waals surface area contributed by atoms with Gasteiger partial charge in [0.25, 0.3) is 0 Å². The number of rotatable bonds is 7. The molecule has 0 radical (unpaired) electrons. The van der Waals surface area contributed by atoms with Crippen molar-refractivity contribution < 1.29 is 29.0 Å². The summed E-state index contributed by atoms with van der Waals surface area (Å²) >= 11 is 0. The Hall–Kier alpha value is -2.32. The van der Waals surface area contributed by atoms with E-state index in [0.29, 0.717) is 19.4 Å². The zero-order valence-electron chi connectivity index (χ0n) is 19.4. The van der Waals surface area contributed by atoms with E-state index in [1.165, 1.54) is 16.8 Å². The molecule has 3 amide bonds. The number of hydrogen-bond acceptors (Lipinski definition) is 5. The summed E-state index contributed by atoms with van der Waals surface area (Å²) in [4.78, 5) is 52.8. The lowest BCUT2D eigenvalue weighted by Crippen LogP contribution is -2.59. The Balaban J connectivity index is 3.06. The number of alkyl carbamates (subject to hydrolysis) is 1. The Morgan fingerprint density at radius 2 is 1.67 bits per heavy atom. The fraction of sp³-hybridized carbons (Fsp3) is 0.810. The predicted molar refractivity (Wildman–Crippen MR) is 112 cm³/mol. The van der Waals surface area contributed by atoms with E-state index in [1.807, 2.05) is 13.8 Å². The van der Waals surface area contributed by atoms with Crippen molar-refractivity contribution in [3.8, 4) is 0 Å². The van der Waals surface area contributed by atoms with E-state index >= 15 is 0 Å². The summed E-state index contributed by atoms with van der Waals surface area (Å²) in [7, 11) is 1.52. The normalized spacial score (nSPS) is 18.9. The average Bonchev–Trinajstić information content (AvgIpc) is 3.06. The van der Waals surface area contributed by atoms with Gasteiger partial charge in [-0.05, 0) is 45.4 Å². The molecule has 1 aliphatic rings. The Kier molecular flexibility index (Phi) is 8.68. The van der Waals surface area contributed by atoms with E-state index < -0.39 is 41.7 Å². The maximum atomic E-state index is 13.2. The lowest BCUT2D eigenvalue weighted by molar-refractivity contribution is -0.154. The molecule has 1 aliphatic heterocycles. The molecule has 0 aliphatic carbocycles. The highest BCUT2D eigenvalue weighted by Crippen LogP contribution is 2.23. The van der Waals surface area contributed by atoms with Gasteiger partial charge in [0.05, 0.1) is 0 Å². The topological polar surface area (TPSA) is 116 Å². The van der Waals surface area contributed by atoms with Crippen molar-refractivity contribution in [2.24, 2.45) is 11.8 Å². The minimum atomic E-state index is -1.04. The van der Waals surface area contributed by atoms with Crippen LogP contribution in [0.3, 0.4) is 0 Å². The number of carboxylic acids is 1. The van der Waals surface area contributed by atoms with Gasteiger partial charge in [-0.25, -0.2) is 9.59 Å². The molecule has 172 valence electrons. The van der Waals surface area contributed by atoms with Crippen LogP contribution in [0.5, 0.6) is 0 Å². The third-order valence-electron chi connectivity index (χ3n) is 5.08. The van der Waals surface area contributed by atoms with E-state index in [4.69, 9.17) is 4.74 Å². The molecule has 1 fully saturated rings. The molecule has 0 aromatic rings. The molecular weight excluding hydrogens is 390 g/mol. The van der Waals surface area contributed by atoms with Crippen LogP contribution in [0.1, 0.15) is 61.3 Å². The third-order valence-corrected chi connectivity index (χ3v) is 5.08. The van der Waals surface area contributed by atoms with Gasteiger partial charge in [-0.1, -0.05) is 27.7 Å². The Morgan fingerprint density at radius 3 is 2.10 bits per heavy atom. The highest BCUT2D eigenvalue weighted by atomic mass is 16.6. The van der Waals surface area contributed by atoms with E-state index in [9.17, 15) is 24.3 Å². The Bertz CT molecular complexity index is 656. The largest absolute Gasteiger partial charge is 0.480 e. The first-order valence-electron chi connectivity index (χ1n) is 10.5. The van der Waals surface area contributed by atoms with Gasteiger partial charge in [0, 0.05) is 13.6 Å². The predicted octanol–water partition coefficient (Wildman–Crippen LogP) is 2.09. The molecule has 0 aromatic heterocycles. The molecule has 0 spiro atoms. The fourth-order valence-electron chi connectivity index (χ4n) is 3.66. The van der Waals surface area contributed by atoms with Gasteiger partial charge in [-0.2, -0.15) is 0 Å². The summed E-state index contributed by atoms with van der Waals surface area (Å²) in [5.41, 5.74) is -0.710. The van der Waals surface area contributed by atoms with Crippen LogP contribution in [0.2, 0.25) is 0 Å². The second-order valence-electron chi connectivity index (χ2n) is 9.53. The summed E-state index contributed by atoms with van der Waals surface area (Å²) in [6.45, 7) is 12.7. The first kappa shape index (κ1) is 25.7. The number of likely N-dealkylation sites (tertiary alicyclic amines) is 1. The molecule has 1 rings (SSSR count). The van der Waals surface area contributed by atoms with Gasteiger partial charge >= 0.3 is 12.1 Å². The SMILES string of the molecule is CC(C)[C@H](NC(=O)OC(C)(C)C)C(=O)N(C)[C@H](C(=O)N1CCC[C@H]1C(=O)O)C(C)C. The maximum Gasteiger partial charge on any atom is 0.408 e. The van der Waals surface area contributed by atoms with Crippen molar-refractivity contribution in [1.29, 1.82) is 0 Å². The Morgan fingerprint density at radius 1 is 1.10 bits per heavy atom. The number of amides is 3. The van der Waals surface area contributed by atoms with Crippen molar-refractivity contribution in [2.75, 3.05) is 13.6 Å². The van der Waals surface area contributed by atoms with Gasteiger partial charge in [-0.15, -0.1) is 0 Å². The van der Waals surface area contributed by atoms with E-state index in [1.54, 1.807) is 34.6 Å². The maximum absolute atomic E-state index is 13.2. The lowest BCUT2D eigenvalue weighted by Gasteiger charge is -2.37. The summed E-state index contributed by atoms with van der Waals surface area (Å²) < 4.78 is 5.26. The van der Waals surface area contributed by atoms with Crippen LogP contribution in [0, 0.1) is 11.8 Å². The van der Waals surface area contributed by atoms with Gasteiger partial charge in [0.15, 0.2) is 0 Å². The van der Waals surface area contributed by atoms with Gasteiger partial charge in [-0.3, -0.25) is 9.59 Å². The van der Waals surface area contributed by atoms with E-state index in [-0.39, 0.29) is 17.7 Å². The van der Waals surface area contributed by atoms with Gasteiger partial charge in [0.1, 0.15) is 23.7 Å². The minimum Gasteiger partial charge on any atom is -0.480 e. The number of hydrogen-bond donors (Lipinski definition) is 2. The van der Waals surface area contributed by atoms with Crippen LogP contribution in [0.4, 0.5) is 4.79 Å². The first-order valence-corrected chi connectivity index (χ1v) is 10.5. The molecular formula is C21H37N3O6. The zero-order chi connectivity index (χ0) is 23.4. The fourth-order valence-corrected chi connectivity index (χ4v) is 3.66. The molecule has 1 saturated heterocycles. The van der Waals surface area contributed by atoms with E-state index in [2.05, 4.69) is 5.32 Å². The Labute approximate surface area is 179 Å². The van der Waals surface area contributed by atoms with Crippen molar-refractivity contribution >= 4 is 23.9 Å². The van der Waals surface area contributed by atoms with Crippen LogP contribution >= 0.6 is 0 Å². The van der Waals surface area contributed by atoms with Crippen LogP contribution in [-0.4, -0.2) is 76.1 Å². The number of aliphatic carboxylic acids is 1. The quantitative estimate of drug-likeness (QED) is 0.643. The number of ether oxygens (including phenoxy) is 1. The van der Waals surface area contributed by atoms with Crippen LogP contribution in [0.15, 0.2) is 0 Å². The number of nitrogens with one attached hydrogen (secondary N) is 1. The average molecular weight is 428 g/mol. The number of carbonyl (C=O) groups is 4. The zero-order valence-corrected chi connectivity index (χ0v) is 19.4. The highest BCUT2D eigenvalue weighted by molar-refractivity contribution is 5.93. The second-order valence-corrected chi connectivity index (χ2v) is 9.53. The number of carbonyl (C=O) groups excluding carboxylic acids is 3. The number of nitrogens with zero attached hydrogens (tertiary/aromatic N) is 2. The molecule has 30 heavy (non-hydrogen) atoms. The standard InChI is InChI=1S/C21H37N3O6/c1-12(2)15(22-20(29)30-21(5,6)7)17(25)23(8)16(13(3)4)18(26)24-11-9-10-14(24)19(27)28/h12-16H,9-11H2,1-8H3,(H,22,29)(H,27,28)/t14-,15-,16-/m0/s1. The van der Waals surface area contributed by atoms with Gasteiger partial charge in [0.2, 0.25) is 11.8 Å². The molecule has 0 saturated carbocycles. The monoisotopic (exact) mass is 427 g/mol. The molecule has 0 unspecified atom stereocenters. The lowest BCUT2D eigenvalue weighted by atomic mass is 9.97. The molecule has 9 heteroatoms. The van der Waals surface area contributed by atoms with Crippen molar-refractivity contribution in [3.05, 3.63) is 0 Å². The molecule has 1 heterocycles. The third kappa shape index (κ3) is 6.60. The van der Waals surface area contributed by atoms with Crippen molar-refractivity contribution in [2.45, 2.75) is 85.0 Å². The molecule has 3 atom stereocenters. The smallest absolute Gasteiger partial charge is 0.408 e. The molecule has 9 nitrogen and oxygen atoms in total. The number of likely N-dealkylation sites (N-methyl/N-ethyl adjacent to an activating group) is 1. The van der Waals surface area contributed by atoms with Crippen LogP contribution < -0.4 is 5.32 Å². The molecule has 2 N–H and O–H groups in total. The summed E-state index contributed by atoms with van der Waals surface area (Å²) in [5, 5.41) is 12.0. The first-order chi connectivity index (χ1) is 13.7. The summed E-state index contributed by atoms with van der Waals surface area (Å²) in [6.07, 6.45) is 0.305. The summed E-state index contributed by atoms with van der Waals surface area (Å²) in [5.74, 6) is -2.33. The number of carboxylic acid groups (broad SMARTS) is 1. The van der Waals surface area contributed by atoms with Crippen molar-refractivity contribution in [3.63, 3.8) is 0 Å². The highest BCUT2D eigenvalue weighted by Gasteiger charge is 2.42.